The van der Waals surface area contributed by atoms with Gasteiger partial charge in [0, 0.05) is 24.3 Å². The fourth-order valence-electron chi connectivity index (χ4n) is 5.90. The number of para-hydroxylation sites is 1. The first-order chi connectivity index (χ1) is 19.2. The van der Waals surface area contributed by atoms with Gasteiger partial charge in [-0.1, -0.05) is 48.0 Å². The lowest BCUT2D eigenvalue weighted by Gasteiger charge is -2.34. The number of carbonyl (C=O) groups excluding carboxylic acids is 2. The van der Waals surface area contributed by atoms with Gasteiger partial charge in [-0.25, -0.2) is 4.39 Å². The first kappa shape index (κ1) is 26.0. The highest BCUT2D eigenvalue weighted by Crippen LogP contribution is 2.53. The number of benzene rings is 3. The molecular formula is C32H29FN2O5. The van der Waals surface area contributed by atoms with E-state index in [-0.39, 0.29) is 36.1 Å². The second-order valence-corrected chi connectivity index (χ2v) is 10.6. The number of anilines is 1. The van der Waals surface area contributed by atoms with E-state index in [4.69, 9.17) is 9.15 Å². The molecule has 1 atom stereocenters. The first-order valence-electron chi connectivity index (χ1n) is 13.4. The fraction of sp³-hybridized carbons (Fsp3) is 0.281. The molecule has 0 N–H and O–H groups in total. The quantitative estimate of drug-likeness (QED) is 0.297. The molecular weight excluding hydrogens is 511 g/mol. The number of amides is 2. The molecule has 0 bridgehead atoms. The van der Waals surface area contributed by atoms with Gasteiger partial charge in [0.2, 0.25) is 5.76 Å². The average Bonchev–Trinajstić information content (AvgIpc) is 3.32. The summed E-state index contributed by atoms with van der Waals surface area (Å²) in [5, 5.41) is 0.300. The van der Waals surface area contributed by atoms with Crippen molar-refractivity contribution >= 4 is 28.5 Å². The molecule has 3 heterocycles. The van der Waals surface area contributed by atoms with Gasteiger partial charge in [-0.15, -0.1) is 0 Å². The molecule has 2 aliphatic rings. The number of hydrogen-bond acceptors (Lipinski definition) is 5. The Morgan fingerprint density at radius 3 is 2.52 bits per heavy atom. The summed E-state index contributed by atoms with van der Waals surface area (Å²) in [6.45, 7) is 6.16. The molecule has 7 nitrogen and oxygen atoms in total. The molecule has 2 amide bonds. The van der Waals surface area contributed by atoms with E-state index in [0.29, 0.717) is 35.2 Å². The van der Waals surface area contributed by atoms with Crippen molar-refractivity contribution in [3.63, 3.8) is 0 Å². The number of hydrogen-bond donors (Lipinski definition) is 0. The van der Waals surface area contributed by atoms with Crippen molar-refractivity contribution in [1.82, 2.24) is 4.90 Å². The second-order valence-electron chi connectivity index (χ2n) is 10.6. The van der Waals surface area contributed by atoms with Crippen molar-refractivity contribution in [1.29, 1.82) is 0 Å². The van der Waals surface area contributed by atoms with Gasteiger partial charge < -0.3 is 19.0 Å². The van der Waals surface area contributed by atoms with E-state index in [2.05, 4.69) is 0 Å². The fourth-order valence-corrected chi connectivity index (χ4v) is 5.90. The molecule has 3 aromatic carbocycles. The van der Waals surface area contributed by atoms with Crippen LogP contribution in [0.3, 0.4) is 0 Å². The molecule has 6 rings (SSSR count). The Morgan fingerprint density at radius 2 is 1.75 bits per heavy atom. The van der Waals surface area contributed by atoms with Crippen LogP contribution < -0.4 is 10.3 Å². The minimum absolute atomic E-state index is 0.00215. The molecule has 0 fully saturated rings. The van der Waals surface area contributed by atoms with Crippen LogP contribution in [0, 0.1) is 12.7 Å². The van der Waals surface area contributed by atoms with Crippen LogP contribution in [0.25, 0.3) is 11.0 Å². The van der Waals surface area contributed by atoms with E-state index in [9.17, 15) is 18.8 Å². The van der Waals surface area contributed by atoms with Gasteiger partial charge in [0.05, 0.1) is 29.3 Å². The maximum Gasteiger partial charge on any atom is 0.291 e. The van der Waals surface area contributed by atoms with Crippen molar-refractivity contribution in [3.8, 4) is 0 Å². The summed E-state index contributed by atoms with van der Waals surface area (Å²) in [5.74, 6) is -1.61. The van der Waals surface area contributed by atoms with Gasteiger partial charge in [0.15, 0.2) is 11.0 Å². The number of halogens is 1. The molecule has 8 heteroatoms. The molecule has 204 valence electrons. The summed E-state index contributed by atoms with van der Waals surface area (Å²) in [4.78, 5) is 45.9. The topological polar surface area (TPSA) is 80.1 Å². The van der Waals surface area contributed by atoms with Gasteiger partial charge in [-0.3, -0.25) is 14.4 Å². The standard InChI is InChI=1S/C32H29FN2O5/c1-19(2)39-16-8-15-35-30(37)29-27(28(36)22-17-20(3)13-14-26(22)40-29)32(35)23-10-5-7-12-25(23)34(31(32)38)18-21-9-4-6-11-24(21)33/h4-7,9-14,17,19H,8,15-16,18H2,1-3H3/t32-/m1/s1. The van der Waals surface area contributed by atoms with E-state index < -0.39 is 28.6 Å². The molecule has 0 unspecified atom stereocenters. The molecule has 1 aromatic heterocycles. The number of nitrogens with zero attached hydrogens (tertiary/aromatic N) is 2. The normalized spacial score (nSPS) is 17.9. The molecule has 40 heavy (non-hydrogen) atoms. The molecule has 0 radical (unpaired) electrons. The van der Waals surface area contributed by atoms with E-state index >= 15 is 0 Å². The van der Waals surface area contributed by atoms with Crippen molar-refractivity contribution in [2.45, 2.75) is 45.4 Å². The summed E-state index contributed by atoms with van der Waals surface area (Å²) in [7, 11) is 0. The van der Waals surface area contributed by atoms with Gasteiger partial charge in [-0.05, 0) is 51.5 Å². The van der Waals surface area contributed by atoms with Gasteiger partial charge >= 0.3 is 0 Å². The smallest absolute Gasteiger partial charge is 0.291 e. The Morgan fingerprint density at radius 1 is 1.00 bits per heavy atom. The van der Waals surface area contributed by atoms with Crippen LogP contribution in [0.2, 0.25) is 0 Å². The minimum atomic E-state index is -1.75. The summed E-state index contributed by atoms with van der Waals surface area (Å²) in [6.07, 6.45) is 0.442. The number of fused-ring (bicyclic) bond motifs is 5. The van der Waals surface area contributed by atoms with Crippen molar-refractivity contribution in [3.05, 3.63) is 111 Å². The third-order valence-corrected chi connectivity index (χ3v) is 7.65. The Bertz CT molecular complexity index is 1730. The summed E-state index contributed by atoms with van der Waals surface area (Å²) < 4.78 is 26.6. The predicted octanol–water partition coefficient (Wildman–Crippen LogP) is 5.30. The van der Waals surface area contributed by atoms with Gasteiger partial charge in [-0.2, -0.15) is 0 Å². The van der Waals surface area contributed by atoms with Crippen LogP contribution in [-0.2, 0) is 21.6 Å². The third-order valence-electron chi connectivity index (χ3n) is 7.65. The van der Waals surface area contributed by atoms with Crippen LogP contribution in [0.1, 0.15) is 53.1 Å². The lowest BCUT2D eigenvalue weighted by Crippen LogP contribution is -2.53. The number of rotatable bonds is 7. The highest BCUT2D eigenvalue weighted by molar-refractivity contribution is 6.17. The third kappa shape index (κ3) is 3.78. The SMILES string of the molecule is Cc1ccc2oc3c(c(=O)c2c1)[C@]1(C(=O)N(Cc2ccccc2F)c2ccccc21)N(CCCOC(C)C)C3=O. The van der Waals surface area contributed by atoms with Gasteiger partial charge in [0.25, 0.3) is 11.8 Å². The summed E-state index contributed by atoms with van der Waals surface area (Å²) in [6, 6.07) is 18.5. The van der Waals surface area contributed by atoms with Crippen LogP contribution in [0.5, 0.6) is 0 Å². The Balaban J connectivity index is 1.58. The van der Waals surface area contributed by atoms with Crippen molar-refractivity contribution in [2.24, 2.45) is 0 Å². The summed E-state index contributed by atoms with van der Waals surface area (Å²) >= 11 is 0. The lowest BCUT2D eigenvalue weighted by atomic mass is 9.84. The average molecular weight is 541 g/mol. The highest BCUT2D eigenvalue weighted by Gasteiger charge is 2.64. The van der Waals surface area contributed by atoms with Gasteiger partial charge in [0.1, 0.15) is 11.4 Å². The zero-order chi connectivity index (χ0) is 28.2. The van der Waals surface area contributed by atoms with E-state index in [1.807, 2.05) is 20.8 Å². The predicted molar refractivity (Wildman–Crippen MR) is 149 cm³/mol. The molecule has 0 aliphatic carbocycles. The molecule has 0 saturated carbocycles. The summed E-state index contributed by atoms with van der Waals surface area (Å²) in [5.41, 5.74) is 0.301. The van der Waals surface area contributed by atoms with Crippen LogP contribution in [-0.4, -0.2) is 36.0 Å². The van der Waals surface area contributed by atoms with Crippen LogP contribution in [0.4, 0.5) is 10.1 Å². The second kappa shape index (κ2) is 9.71. The Hall–Kier alpha value is -4.30. The molecule has 4 aromatic rings. The zero-order valence-corrected chi connectivity index (χ0v) is 22.6. The minimum Gasteiger partial charge on any atom is -0.450 e. The number of carbonyl (C=O) groups is 2. The lowest BCUT2D eigenvalue weighted by molar-refractivity contribution is -0.126. The Labute approximate surface area is 230 Å². The first-order valence-corrected chi connectivity index (χ1v) is 13.4. The highest BCUT2D eigenvalue weighted by atomic mass is 19.1. The van der Waals surface area contributed by atoms with E-state index in [1.165, 1.54) is 15.9 Å². The number of aryl methyl sites for hydroxylation is 1. The monoisotopic (exact) mass is 540 g/mol. The maximum atomic E-state index is 14.8. The van der Waals surface area contributed by atoms with E-state index in [0.717, 1.165) is 5.56 Å². The van der Waals surface area contributed by atoms with Crippen LogP contribution >= 0.6 is 0 Å². The van der Waals surface area contributed by atoms with Crippen LogP contribution in [0.15, 0.2) is 75.9 Å². The maximum absolute atomic E-state index is 14.8. The molecule has 0 saturated heterocycles. The van der Waals surface area contributed by atoms with Crippen molar-refractivity contribution in [2.75, 3.05) is 18.1 Å². The molecule has 2 aliphatic heterocycles. The Kier molecular flexibility index (Phi) is 6.30. The van der Waals surface area contributed by atoms with Crippen molar-refractivity contribution < 1.29 is 23.1 Å². The largest absolute Gasteiger partial charge is 0.450 e. The molecule has 1 spiro atoms. The number of ether oxygens (including phenoxy) is 1. The zero-order valence-electron chi connectivity index (χ0n) is 22.6. The van der Waals surface area contributed by atoms with E-state index in [1.54, 1.807) is 60.7 Å².